The van der Waals surface area contributed by atoms with E-state index in [0.717, 1.165) is 11.0 Å². The second-order valence-electron chi connectivity index (χ2n) is 9.11. The maximum Gasteiger partial charge on any atom is 0.495 e. The Morgan fingerprint density at radius 2 is 1.81 bits per heavy atom. The molecule has 1 aromatic carbocycles. The van der Waals surface area contributed by atoms with E-state index in [1.54, 1.807) is 6.26 Å². The van der Waals surface area contributed by atoms with Gasteiger partial charge < -0.3 is 18.8 Å². The van der Waals surface area contributed by atoms with Gasteiger partial charge in [-0.3, -0.25) is 4.79 Å². The molecule has 5 nitrogen and oxygen atoms in total. The molecule has 0 spiro atoms. The molecule has 4 rings (SSSR count). The summed E-state index contributed by atoms with van der Waals surface area (Å²) in [5.41, 5.74) is 1.51. The molecule has 0 N–H and O–H groups in total. The predicted octanol–water partition coefficient (Wildman–Crippen LogP) is 2.48. The van der Waals surface area contributed by atoms with Gasteiger partial charge in [-0.15, -0.1) is 0 Å². The second kappa shape index (κ2) is 6.24. The molecule has 7 heteroatoms. The van der Waals surface area contributed by atoms with E-state index in [4.69, 9.17) is 9.31 Å². The lowest BCUT2D eigenvalue weighted by Crippen LogP contribution is -2.41. The van der Waals surface area contributed by atoms with Crippen LogP contribution in [0.25, 0.3) is 0 Å². The molecule has 1 saturated heterocycles. The fourth-order valence-corrected chi connectivity index (χ4v) is 4.78. The number of rotatable bonds is 4. The van der Waals surface area contributed by atoms with Gasteiger partial charge in [0, 0.05) is 12.6 Å². The third kappa shape index (κ3) is 3.13. The smallest absolute Gasteiger partial charge is 0.495 e. The van der Waals surface area contributed by atoms with Crippen LogP contribution in [0.4, 0.5) is 0 Å². The van der Waals surface area contributed by atoms with Crippen molar-refractivity contribution >= 4 is 29.7 Å². The molecule has 1 amide bonds. The number of carbonyl (C=O) groups is 1. The molecule has 0 unspecified atom stereocenters. The molecular formula is C20H28BNO4S. The first-order valence-electron chi connectivity index (χ1n) is 9.68. The predicted molar refractivity (Wildman–Crippen MR) is 107 cm³/mol. The highest BCUT2D eigenvalue weighted by atomic mass is 32.2. The van der Waals surface area contributed by atoms with Crippen molar-refractivity contribution in [3.63, 3.8) is 0 Å². The van der Waals surface area contributed by atoms with E-state index in [2.05, 4.69) is 6.92 Å². The normalized spacial score (nSPS) is 25.7. The molecule has 2 atom stereocenters. The number of benzene rings is 1. The summed E-state index contributed by atoms with van der Waals surface area (Å²) in [5.74, 6) is 0.608. The summed E-state index contributed by atoms with van der Waals surface area (Å²) in [6.07, 6.45) is 4.00. The summed E-state index contributed by atoms with van der Waals surface area (Å²) in [6.45, 7) is 10.8. The highest BCUT2D eigenvalue weighted by molar-refractivity contribution is 7.90. The maximum absolute atomic E-state index is 13.1. The number of fused-ring (bicyclic) bond motifs is 1. The van der Waals surface area contributed by atoms with Crippen LogP contribution in [0.2, 0.25) is 0 Å². The van der Waals surface area contributed by atoms with Gasteiger partial charge in [0.2, 0.25) is 0 Å². The Balaban J connectivity index is 1.71. The molecular weight excluding hydrogens is 361 g/mol. The van der Waals surface area contributed by atoms with Gasteiger partial charge in [-0.25, -0.2) is 0 Å². The first kappa shape index (κ1) is 19.3. The molecule has 0 bridgehead atoms. The summed E-state index contributed by atoms with van der Waals surface area (Å²) in [4.78, 5) is 15.6. The van der Waals surface area contributed by atoms with Crippen molar-refractivity contribution in [3.05, 3.63) is 23.3 Å². The Morgan fingerprint density at radius 1 is 1.22 bits per heavy atom. The zero-order valence-corrected chi connectivity index (χ0v) is 17.8. The van der Waals surface area contributed by atoms with Gasteiger partial charge in [-0.05, 0) is 81.6 Å². The molecule has 0 aromatic heterocycles. The lowest BCUT2D eigenvalue weighted by atomic mass is 9.78. The van der Waals surface area contributed by atoms with Crippen molar-refractivity contribution in [3.8, 4) is 0 Å². The Kier molecular flexibility index (Phi) is 4.46. The van der Waals surface area contributed by atoms with Crippen LogP contribution < -0.4 is 5.46 Å². The van der Waals surface area contributed by atoms with Gasteiger partial charge in [0.25, 0.3) is 5.91 Å². The molecule has 3 aliphatic rings. The van der Waals surface area contributed by atoms with Crippen molar-refractivity contribution in [2.24, 2.45) is 5.92 Å². The zero-order chi connectivity index (χ0) is 19.7. The van der Waals surface area contributed by atoms with E-state index in [0.29, 0.717) is 22.9 Å². The zero-order valence-electron chi connectivity index (χ0n) is 17.0. The molecule has 146 valence electrons. The van der Waals surface area contributed by atoms with E-state index >= 15 is 0 Å². The van der Waals surface area contributed by atoms with E-state index < -0.39 is 29.5 Å². The average molecular weight is 389 g/mol. The van der Waals surface area contributed by atoms with Gasteiger partial charge in [-0.1, -0.05) is 6.07 Å². The largest absolute Gasteiger partial charge is 0.612 e. The van der Waals surface area contributed by atoms with Crippen molar-refractivity contribution in [2.75, 3.05) is 6.26 Å². The minimum atomic E-state index is -1.26. The number of carbonyl (C=O) groups excluding carboxylic acids is 1. The Morgan fingerprint density at radius 3 is 2.33 bits per heavy atom. The highest BCUT2D eigenvalue weighted by Gasteiger charge is 2.52. The standard InChI is InChI=1S/C20H28BNO4S/c1-12(13-7-8-13)22-11-14-9-15(10-16(27(6)24)17(14)18(22)23)21-25-19(2,3)20(4,5)26-21/h9-10,12-13H,7-8,11H2,1-6H3/t12-,27+/m0/s1. The van der Waals surface area contributed by atoms with Crippen LogP contribution in [0.5, 0.6) is 0 Å². The second-order valence-corrected chi connectivity index (χ2v) is 10.5. The van der Waals surface area contributed by atoms with E-state index in [-0.39, 0.29) is 11.9 Å². The van der Waals surface area contributed by atoms with Gasteiger partial charge in [-0.2, -0.15) is 0 Å². The number of hydrogen-bond donors (Lipinski definition) is 0. The van der Waals surface area contributed by atoms with Crippen molar-refractivity contribution in [1.82, 2.24) is 4.90 Å². The topological polar surface area (TPSA) is 61.8 Å². The summed E-state index contributed by atoms with van der Waals surface area (Å²) in [5, 5.41) is 0. The summed E-state index contributed by atoms with van der Waals surface area (Å²) >= 11 is -1.26. The number of amides is 1. The molecule has 1 aliphatic carbocycles. The quantitative estimate of drug-likeness (QED) is 0.586. The van der Waals surface area contributed by atoms with Gasteiger partial charge in [0.05, 0.1) is 16.8 Å². The number of nitrogens with zero attached hydrogens (tertiary/aromatic N) is 1. The van der Waals surface area contributed by atoms with Gasteiger partial charge in [0.1, 0.15) is 6.26 Å². The third-order valence-corrected chi connectivity index (χ3v) is 7.59. The molecule has 27 heavy (non-hydrogen) atoms. The fraction of sp³-hybridized carbons (Fsp3) is 0.650. The van der Waals surface area contributed by atoms with Crippen LogP contribution in [-0.2, 0) is 27.0 Å². The van der Waals surface area contributed by atoms with Crippen molar-refractivity contribution < 1.29 is 18.7 Å². The van der Waals surface area contributed by atoms with Crippen molar-refractivity contribution in [1.29, 1.82) is 0 Å². The molecule has 2 aliphatic heterocycles. The van der Waals surface area contributed by atoms with Crippen LogP contribution in [0.3, 0.4) is 0 Å². The van der Waals surface area contributed by atoms with Crippen LogP contribution >= 0.6 is 0 Å². The molecule has 0 radical (unpaired) electrons. The molecule has 1 saturated carbocycles. The Labute approximate surface area is 165 Å². The highest BCUT2D eigenvalue weighted by Crippen LogP contribution is 2.40. The fourth-order valence-electron chi connectivity index (χ4n) is 3.97. The van der Waals surface area contributed by atoms with Crippen LogP contribution in [0.1, 0.15) is 63.4 Å². The maximum atomic E-state index is 13.1. The van der Waals surface area contributed by atoms with Crippen LogP contribution in [-0.4, -0.2) is 46.0 Å². The Bertz CT molecular complexity index is 774. The molecule has 2 fully saturated rings. The first-order chi connectivity index (χ1) is 12.5. The number of hydrogen-bond acceptors (Lipinski definition) is 4. The van der Waals surface area contributed by atoms with Crippen LogP contribution in [0, 0.1) is 5.92 Å². The first-order valence-corrected chi connectivity index (χ1v) is 11.2. The lowest BCUT2D eigenvalue weighted by Gasteiger charge is -2.32. The minimum absolute atomic E-state index is 0.00932. The molecule has 1 aromatic rings. The molecule has 2 heterocycles. The lowest BCUT2D eigenvalue weighted by molar-refractivity contribution is 0.00578. The SMILES string of the molecule is C[C@@H](C1CC1)N1Cc2cc(B3OC(C)(C)C(C)(C)O3)cc([S@@+](C)[O-])c2C1=O. The Hall–Kier alpha value is -1.02. The third-order valence-electron chi connectivity index (χ3n) is 6.65. The minimum Gasteiger partial charge on any atom is -0.612 e. The van der Waals surface area contributed by atoms with E-state index in [9.17, 15) is 9.35 Å². The van der Waals surface area contributed by atoms with E-state index in [1.807, 2.05) is 44.7 Å². The van der Waals surface area contributed by atoms with Gasteiger partial charge >= 0.3 is 7.12 Å². The van der Waals surface area contributed by atoms with Crippen LogP contribution in [0.15, 0.2) is 17.0 Å². The van der Waals surface area contributed by atoms with Crippen molar-refractivity contribution in [2.45, 2.75) is 76.1 Å². The van der Waals surface area contributed by atoms with E-state index in [1.165, 1.54) is 12.8 Å². The monoisotopic (exact) mass is 389 g/mol. The summed E-state index contributed by atoms with van der Waals surface area (Å²) in [6, 6.07) is 4.06. The summed E-state index contributed by atoms with van der Waals surface area (Å²) < 4.78 is 24.8. The summed E-state index contributed by atoms with van der Waals surface area (Å²) in [7, 11) is -0.521. The van der Waals surface area contributed by atoms with Gasteiger partial charge in [0.15, 0.2) is 4.90 Å². The average Bonchev–Trinajstić information content (AvgIpc) is 3.32.